The molecule has 0 aliphatic rings. The number of fused-ring (bicyclic) bond motifs is 1. The minimum atomic E-state index is 0.565. The molecule has 0 aliphatic carbocycles. The van der Waals surface area contributed by atoms with Crippen LogP contribution in [-0.2, 0) is 13.2 Å². The van der Waals surface area contributed by atoms with Crippen LogP contribution in [0.5, 0.6) is 5.75 Å². The van der Waals surface area contributed by atoms with Crippen LogP contribution in [0.2, 0.25) is 0 Å². The van der Waals surface area contributed by atoms with E-state index in [0.717, 1.165) is 18.0 Å². The Morgan fingerprint density at radius 1 is 0.750 bits per heavy atom. The molecule has 0 atom stereocenters. The first-order valence-corrected chi connectivity index (χ1v) is 9.69. The summed E-state index contributed by atoms with van der Waals surface area (Å²) in [6, 6.07) is 29.6. The number of benzene rings is 4. The van der Waals surface area contributed by atoms with Gasteiger partial charge in [0, 0.05) is 17.8 Å². The van der Waals surface area contributed by atoms with Gasteiger partial charge in [0.2, 0.25) is 0 Å². The van der Waals surface area contributed by atoms with Crippen molar-refractivity contribution in [3.05, 3.63) is 107 Å². The van der Waals surface area contributed by atoms with E-state index in [1.54, 1.807) is 0 Å². The molecule has 0 aliphatic heterocycles. The van der Waals surface area contributed by atoms with E-state index in [9.17, 15) is 0 Å². The summed E-state index contributed by atoms with van der Waals surface area (Å²) in [4.78, 5) is 0. The fourth-order valence-corrected chi connectivity index (χ4v) is 3.43. The molecule has 0 heterocycles. The Morgan fingerprint density at radius 2 is 1.50 bits per heavy atom. The van der Waals surface area contributed by atoms with Crippen molar-refractivity contribution >= 4 is 16.5 Å². The molecule has 0 bridgehead atoms. The lowest BCUT2D eigenvalue weighted by atomic mass is 10.0. The second-order valence-electron chi connectivity index (χ2n) is 7.21. The Labute approximate surface area is 166 Å². The van der Waals surface area contributed by atoms with Gasteiger partial charge in [-0.2, -0.15) is 0 Å². The van der Waals surface area contributed by atoms with E-state index in [4.69, 9.17) is 4.74 Å². The molecule has 0 saturated carbocycles. The van der Waals surface area contributed by atoms with Crippen LogP contribution in [0.1, 0.15) is 22.3 Å². The molecule has 2 heteroatoms. The summed E-state index contributed by atoms with van der Waals surface area (Å²) in [6.45, 7) is 5.51. The van der Waals surface area contributed by atoms with Crippen molar-refractivity contribution in [3.8, 4) is 5.75 Å². The average Bonchev–Trinajstić information content (AvgIpc) is 2.73. The highest BCUT2D eigenvalue weighted by Gasteiger charge is 2.10. The van der Waals surface area contributed by atoms with Gasteiger partial charge in [0.25, 0.3) is 0 Å². The molecule has 0 unspecified atom stereocenters. The molecule has 0 spiro atoms. The van der Waals surface area contributed by atoms with Crippen molar-refractivity contribution in [1.82, 2.24) is 0 Å². The minimum Gasteiger partial charge on any atom is -0.489 e. The van der Waals surface area contributed by atoms with E-state index in [-0.39, 0.29) is 0 Å². The average molecular weight is 367 g/mol. The molecule has 0 fully saturated rings. The molecule has 4 rings (SSSR count). The van der Waals surface area contributed by atoms with Crippen LogP contribution in [0.15, 0.2) is 84.9 Å². The molecule has 4 aromatic carbocycles. The zero-order valence-corrected chi connectivity index (χ0v) is 16.4. The lowest BCUT2D eigenvalue weighted by Crippen LogP contribution is -2.05. The first-order chi connectivity index (χ1) is 13.7. The van der Waals surface area contributed by atoms with Crippen LogP contribution < -0.4 is 10.1 Å². The van der Waals surface area contributed by atoms with Crippen LogP contribution in [0, 0.1) is 13.8 Å². The summed E-state index contributed by atoms with van der Waals surface area (Å²) < 4.78 is 6.25. The second-order valence-corrected chi connectivity index (χ2v) is 7.21. The molecular weight excluding hydrogens is 342 g/mol. The number of rotatable bonds is 6. The molecular formula is C26H25NO. The molecule has 2 nitrogen and oxygen atoms in total. The Hall–Kier alpha value is -3.26. The van der Waals surface area contributed by atoms with E-state index in [1.165, 1.54) is 33.0 Å². The lowest BCUT2D eigenvalue weighted by Gasteiger charge is -2.16. The highest BCUT2D eigenvalue weighted by molar-refractivity contribution is 5.88. The van der Waals surface area contributed by atoms with E-state index >= 15 is 0 Å². The molecule has 140 valence electrons. The maximum absolute atomic E-state index is 6.25. The summed E-state index contributed by atoms with van der Waals surface area (Å²) in [6.07, 6.45) is 0. The molecule has 4 aromatic rings. The molecule has 28 heavy (non-hydrogen) atoms. The topological polar surface area (TPSA) is 21.3 Å². The number of hydrogen-bond donors (Lipinski definition) is 1. The number of ether oxygens (including phenoxy) is 1. The summed E-state index contributed by atoms with van der Waals surface area (Å²) in [5, 5.41) is 6.04. The lowest BCUT2D eigenvalue weighted by molar-refractivity contribution is 0.304. The van der Waals surface area contributed by atoms with Gasteiger partial charge in [-0.3, -0.25) is 0 Å². The van der Waals surface area contributed by atoms with E-state index < -0.39 is 0 Å². The third-order valence-corrected chi connectivity index (χ3v) is 5.11. The largest absolute Gasteiger partial charge is 0.489 e. The summed E-state index contributed by atoms with van der Waals surface area (Å²) in [7, 11) is 0. The number of aryl methyl sites for hydroxylation is 2. The smallest absolute Gasteiger partial charge is 0.125 e. The van der Waals surface area contributed by atoms with Gasteiger partial charge in [0.15, 0.2) is 0 Å². The van der Waals surface area contributed by atoms with Gasteiger partial charge in [0.05, 0.1) is 0 Å². The summed E-state index contributed by atoms with van der Waals surface area (Å²) in [5.41, 5.74) is 6.02. The maximum Gasteiger partial charge on any atom is 0.125 e. The van der Waals surface area contributed by atoms with Gasteiger partial charge < -0.3 is 10.1 Å². The second kappa shape index (κ2) is 8.18. The standard InChI is InChI=1S/C26H25NO/c1-19-11-13-21(14-12-19)18-28-26-16-15-22-8-4-5-9-23(22)24(26)17-27-25-10-6-3-7-20(25)2/h3-16,27H,17-18H2,1-2H3. The predicted octanol–water partition coefficient (Wildman–Crippen LogP) is 6.65. The normalized spacial score (nSPS) is 10.8. The highest BCUT2D eigenvalue weighted by atomic mass is 16.5. The monoisotopic (exact) mass is 367 g/mol. The summed E-state index contributed by atoms with van der Waals surface area (Å²) in [5.74, 6) is 0.931. The first kappa shape index (κ1) is 18.1. The molecule has 0 amide bonds. The van der Waals surface area contributed by atoms with Crippen molar-refractivity contribution in [2.75, 3.05) is 5.32 Å². The number of nitrogens with one attached hydrogen (secondary N) is 1. The van der Waals surface area contributed by atoms with E-state index in [2.05, 4.69) is 104 Å². The SMILES string of the molecule is Cc1ccc(COc2ccc3ccccc3c2CNc2ccccc2C)cc1. The Balaban J connectivity index is 1.62. The van der Waals surface area contributed by atoms with Crippen LogP contribution >= 0.6 is 0 Å². The van der Waals surface area contributed by atoms with Crippen LogP contribution in [0.4, 0.5) is 5.69 Å². The third kappa shape index (κ3) is 4.01. The fraction of sp³-hybridized carbons (Fsp3) is 0.154. The predicted molar refractivity (Wildman–Crippen MR) is 118 cm³/mol. The zero-order valence-electron chi connectivity index (χ0n) is 16.4. The van der Waals surface area contributed by atoms with Crippen molar-refractivity contribution < 1.29 is 4.74 Å². The van der Waals surface area contributed by atoms with Crippen molar-refractivity contribution in [1.29, 1.82) is 0 Å². The van der Waals surface area contributed by atoms with Gasteiger partial charge in [-0.05, 0) is 47.9 Å². The maximum atomic E-state index is 6.25. The molecule has 0 saturated heterocycles. The molecule has 0 aromatic heterocycles. The Kier molecular flexibility index (Phi) is 5.29. The van der Waals surface area contributed by atoms with Crippen molar-refractivity contribution in [3.63, 3.8) is 0 Å². The van der Waals surface area contributed by atoms with Crippen molar-refractivity contribution in [2.24, 2.45) is 0 Å². The van der Waals surface area contributed by atoms with Crippen LogP contribution in [0.3, 0.4) is 0 Å². The fourth-order valence-electron chi connectivity index (χ4n) is 3.43. The first-order valence-electron chi connectivity index (χ1n) is 9.69. The quantitative estimate of drug-likeness (QED) is 0.412. The van der Waals surface area contributed by atoms with Gasteiger partial charge in [-0.25, -0.2) is 0 Å². The van der Waals surface area contributed by atoms with Gasteiger partial charge in [-0.1, -0.05) is 78.4 Å². The van der Waals surface area contributed by atoms with Crippen molar-refractivity contribution in [2.45, 2.75) is 27.0 Å². The van der Waals surface area contributed by atoms with Crippen LogP contribution in [-0.4, -0.2) is 0 Å². The Bertz CT molecular complexity index is 1080. The van der Waals surface area contributed by atoms with E-state index in [0.29, 0.717) is 6.61 Å². The number of anilines is 1. The highest BCUT2D eigenvalue weighted by Crippen LogP contribution is 2.30. The van der Waals surface area contributed by atoms with Gasteiger partial charge in [0.1, 0.15) is 12.4 Å². The Morgan fingerprint density at radius 3 is 2.32 bits per heavy atom. The number of para-hydroxylation sites is 1. The van der Waals surface area contributed by atoms with Crippen LogP contribution in [0.25, 0.3) is 10.8 Å². The van der Waals surface area contributed by atoms with Gasteiger partial charge >= 0.3 is 0 Å². The van der Waals surface area contributed by atoms with E-state index in [1.807, 2.05) is 0 Å². The minimum absolute atomic E-state index is 0.565. The van der Waals surface area contributed by atoms with Gasteiger partial charge in [-0.15, -0.1) is 0 Å². The number of hydrogen-bond acceptors (Lipinski definition) is 2. The third-order valence-electron chi connectivity index (χ3n) is 5.11. The zero-order chi connectivity index (χ0) is 19.3. The molecule has 1 N–H and O–H groups in total. The summed E-state index contributed by atoms with van der Waals surface area (Å²) >= 11 is 0. The molecule has 0 radical (unpaired) electrons.